The molecule has 8 nitrogen and oxygen atoms in total. The van der Waals surface area contributed by atoms with Crippen LogP contribution in [0.5, 0.6) is 5.75 Å². The smallest absolute Gasteiger partial charge is 0.336 e. The fraction of sp³-hybridized carbons (Fsp3) is 0.480. The molecule has 33 heavy (non-hydrogen) atoms. The molecule has 0 radical (unpaired) electrons. The average Bonchev–Trinajstić information content (AvgIpc) is 2.77. The molecule has 0 amide bonds. The third kappa shape index (κ3) is 5.11. The fourth-order valence-corrected chi connectivity index (χ4v) is 4.51. The molecule has 178 valence electrons. The van der Waals surface area contributed by atoms with Crippen molar-refractivity contribution in [3.63, 3.8) is 0 Å². The Hall–Kier alpha value is -3.13. The Kier molecular flexibility index (Phi) is 7.92. The molecular formula is C25H31NO7. The Balaban J connectivity index is 2.02. The van der Waals surface area contributed by atoms with Crippen LogP contribution in [0.4, 0.5) is 0 Å². The van der Waals surface area contributed by atoms with Crippen molar-refractivity contribution in [3.8, 4) is 5.75 Å². The summed E-state index contributed by atoms with van der Waals surface area (Å²) in [4.78, 5) is 39.2. The number of carbonyl (C=O) groups excluding carboxylic acids is 3. The average molecular weight is 458 g/mol. The molecule has 0 saturated heterocycles. The summed E-state index contributed by atoms with van der Waals surface area (Å²) in [5.74, 6) is -3.58. The molecule has 2 aliphatic rings. The Labute approximate surface area is 193 Å². The molecular weight excluding hydrogens is 426 g/mol. The first-order valence-electron chi connectivity index (χ1n) is 11.2. The highest BCUT2D eigenvalue weighted by Gasteiger charge is 2.47. The molecule has 3 unspecified atom stereocenters. The summed E-state index contributed by atoms with van der Waals surface area (Å²) in [6, 6.07) is 6.42. The number of nitrogens with one attached hydrogen (secondary N) is 1. The number of phenolic OH excluding ortho intramolecular Hbond substituents is 1. The number of rotatable bonds is 8. The Morgan fingerprint density at radius 2 is 1.97 bits per heavy atom. The van der Waals surface area contributed by atoms with Gasteiger partial charge in [-0.1, -0.05) is 26.0 Å². The van der Waals surface area contributed by atoms with Crippen molar-refractivity contribution in [2.75, 3.05) is 26.9 Å². The minimum atomic E-state index is -0.964. The van der Waals surface area contributed by atoms with Gasteiger partial charge in [-0.15, -0.1) is 0 Å². The number of aromatic hydroxyl groups is 1. The minimum absolute atomic E-state index is 0.00710. The van der Waals surface area contributed by atoms with Crippen molar-refractivity contribution in [2.24, 2.45) is 11.8 Å². The van der Waals surface area contributed by atoms with Crippen molar-refractivity contribution in [1.29, 1.82) is 0 Å². The van der Waals surface area contributed by atoms with Crippen LogP contribution in [0.25, 0.3) is 0 Å². The second-order valence-electron chi connectivity index (χ2n) is 8.38. The number of methoxy groups -OCH3 is 1. The first-order valence-corrected chi connectivity index (χ1v) is 11.2. The van der Waals surface area contributed by atoms with E-state index in [9.17, 15) is 19.5 Å². The molecule has 3 rings (SSSR count). The summed E-state index contributed by atoms with van der Waals surface area (Å²) in [7, 11) is 1.26. The number of dihydropyridines is 1. The quantitative estimate of drug-likeness (QED) is 0.348. The van der Waals surface area contributed by atoms with E-state index in [-0.39, 0.29) is 36.2 Å². The van der Waals surface area contributed by atoms with E-state index >= 15 is 0 Å². The third-order valence-corrected chi connectivity index (χ3v) is 5.98. The maximum absolute atomic E-state index is 13.6. The van der Waals surface area contributed by atoms with E-state index in [4.69, 9.17) is 14.2 Å². The van der Waals surface area contributed by atoms with Crippen LogP contribution in [0.1, 0.15) is 45.1 Å². The summed E-state index contributed by atoms with van der Waals surface area (Å²) in [5, 5.41) is 13.3. The van der Waals surface area contributed by atoms with E-state index in [1.54, 1.807) is 19.1 Å². The van der Waals surface area contributed by atoms with E-state index in [0.29, 0.717) is 35.6 Å². The standard InChI is InChI=1S/C25H31NO7/c1-5-9-32-10-11-33-25(30)20-15(3)26-18-12-14(2)19(24(29)31-4)23(28)22(18)21(20)16-7-6-8-17(27)13-16/h6-8,13-14,19,21,26-27H,5,9-12H2,1-4H3. The lowest BCUT2D eigenvalue weighted by Gasteiger charge is -2.38. The molecule has 0 bridgehead atoms. The first kappa shape index (κ1) is 24.5. The highest BCUT2D eigenvalue weighted by atomic mass is 16.6. The Bertz CT molecular complexity index is 994. The number of hydrogen-bond donors (Lipinski definition) is 2. The number of ketones is 1. The number of esters is 2. The molecule has 1 aliphatic heterocycles. The monoisotopic (exact) mass is 457 g/mol. The van der Waals surface area contributed by atoms with Gasteiger partial charge in [-0.2, -0.15) is 0 Å². The van der Waals surface area contributed by atoms with Gasteiger partial charge in [0.15, 0.2) is 5.78 Å². The van der Waals surface area contributed by atoms with Gasteiger partial charge in [0, 0.05) is 29.5 Å². The van der Waals surface area contributed by atoms with Crippen LogP contribution < -0.4 is 5.32 Å². The SMILES string of the molecule is CCCOCCOC(=O)C1=C(C)NC2=C(C(=O)C(C(=O)OC)C(C)C2)C1c1cccc(O)c1. The van der Waals surface area contributed by atoms with Crippen LogP contribution in [-0.4, -0.2) is 49.8 Å². The minimum Gasteiger partial charge on any atom is -0.508 e. The van der Waals surface area contributed by atoms with Crippen LogP contribution in [0.15, 0.2) is 46.8 Å². The first-order chi connectivity index (χ1) is 15.8. The summed E-state index contributed by atoms with van der Waals surface area (Å²) >= 11 is 0. The zero-order valence-electron chi connectivity index (χ0n) is 19.5. The largest absolute Gasteiger partial charge is 0.508 e. The lowest BCUT2D eigenvalue weighted by atomic mass is 9.69. The highest BCUT2D eigenvalue weighted by molar-refractivity contribution is 6.12. The zero-order valence-corrected chi connectivity index (χ0v) is 19.5. The molecule has 1 aliphatic carbocycles. The van der Waals surface area contributed by atoms with Crippen LogP contribution in [0, 0.1) is 11.8 Å². The number of phenols is 1. The molecule has 8 heteroatoms. The van der Waals surface area contributed by atoms with E-state index in [2.05, 4.69) is 5.32 Å². The number of Topliss-reactive ketones (excluding diaryl/α,β-unsaturated/α-hetero) is 1. The van der Waals surface area contributed by atoms with Crippen LogP contribution in [0.3, 0.4) is 0 Å². The summed E-state index contributed by atoms with van der Waals surface area (Å²) in [5.41, 5.74) is 2.39. The summed E-state index contributed by atoms with van der Waals surface area (Å²) in [6.07, 6.45) is 1.31. The molecule has 2 N–H and O–H groups in total. The van der Waals surface area contributed by atoms with Gasteiger partial charge >= 0.3 is 11.9 Å². The second kappa shape index (κ2) is 10.7. The summed E-state index contributed by atoms with van der Waals surface area (Å²) in [6.45, 7) is 6.49. The number of carbonyl (C=O) groups is 3. The van der Waals surface area contributed by atoms with E-state index in [1.165, 1.54) is 19.2 Å². The Morgan fingerprint density at radius 3 is 2.64 bits per heavy atom. The second-order valence-corrected chi connectivity index (χ2v) is 8.38. The molecule has 1 aromatic rings. The van der Waals surface area contributed by atoms with E-state index in [1.807, 2.05) is 13.8 Å². The molecule has 3 atom stereocenters. The van der Waals surface area contributed by atoms with Gasteiger partial charge < -0.3 is 24.6 Å². The Morgan fingerprint density at radius 1 is 1.21 bits per heavy atom. The van der Waals surface area contributed by atoms with Gasteiger partial charge in [0.1, 0.15) is 18.3 Å². The topological polar surface area (TPSA) is 111 Å². The van der Waals surface area contributed by atoms with Crippen molar-refractivity contribution in [1.82, 2.24) is 5.32 Å². The van der Waals surface area contributed by atoms with Gasteiger partial charge in [-0.05, 0) is 43.4 Å². The van der Waals surface area contributed by atoms with Gasteiger partial charge in [-0.25, -0.2) is 4.79 Å². The van der Waals surface area contributed by atoms with Crippen LogP contribution in [0.2, 0.25) is 0 Å². The maximum Gasteiger partial charge on any atom is 0.336 e. The molecule has 1 heterocycles. The molecule has 0 saturated carbocycles. The number of benzene rings is 1. The van der Waals surface area contributed by atoms with E-state index in [0.717, 1.165) is 6.42 Å². The van der Waals surface area contributed by atoms with E-state index < -0.39 is 23.8 Å². The van der Waals surface area contributed by atoms with Crippen molar-refractivity contribution >= 4 is 17.7 Å². The third-order valence-electron chi connectivity index (χ3n) is 5.98. The van der Waals surface area contributed by atoms with Crippen molar-refractivity contribution < 1.29 is 33.7 Å². The number of hydrogen-bond acceptors (Lipinski definition) is 8. The molecule has 0 aromatic heterocycles. The predicted octanol–water partition coefficient (Wildman–Crippen LogP) is 2.98. The highest BCUT2D eigenvalue weighted by Crippen LogP contribution is 2.45. The number of allylic oxidation sites excluding steroid dienone is 3. The van der Waals surface area contributed by atoms with Gasteiger partial charge in [0.25, 0.3) is 0 Å². The van der Waals surface area contributed by atoms with Gasteiger partial charge in [0.05, 0.1) is 19.3 Å². The normalized spacial score (nSPS) is 22.5. The summed E-state index contributed by atoms with van der Waals surface area (Å²) < 4.78 is 15.7. The predicted molar refractivity (Wildman–Crippen MR) is 120 cm³/mol. The maximum atomic E-state index is 13.6. The fourth-order valence-electron chi connectivity index (χ4n) is 4.51. The van der Waals surface area contributed by atoms with Crippen molar-refractivity contribution in [2.45, 2.75) is 39.5 Å². The molecule has 1 aromatic carbocycles. The number of ether oxygens (including phenoxy) is 3. The zero-order chi connectivity index (χ0) is 24.1. The van der Waals surface area contributed by atoms with Crippen LogP contribution >= 0.6 is 0 Å². The van der Waals surface area contributed by atoms with Gasteiger partial charge in [0.2, 0.25) is 0 Å². The van der Waals surface area contributed by atoms with Crippen LogP contribution in [-0.2, 0) is 28.6 Å². The lowest BCUT2D eigenvalue weighted by molar-refractivity contribution is -0.151. The van der Waals surface area contributed by atoms with Gasteiger partial charge in [-0.3, -0.25) is 9.59 Å². The molecule has 0 spiro atoms. The molecule has 0 fully saturated rings. The van der Waals surface area contributed by atoms with Crippen molar-refractivity contribution in [3.05, 3.63) is 52.4 Å². The lowest BCUT2D eigenvalue weighted by Crippen LogP contribution is -2.43.